The monoisotopic (exact) mass is 775 g/mol. The third kappa shape index (κ3) is 5.56. The largest absolute Gasteiger partial charge is 0.502 e. The number of aromatic hydroxyl groups is 1. The predicted octanol–water partition coefficient (Wildman–Crippen LogP) is 6.02. The second-order valence-corrected chi connectivity index (χ2v) is 14.2. The third-order valence-corrected chi connectivity index (χ3v) is 11.5. The first kappa shape index (κ1) is 36.8. The number of rotatable bonds is 8. The molecule has 2 aliphatic heterocycles. The van der Waals surface area contributed by atoms with Crippen LogP contribution >= 0.6 is 23.2 Å². The van der Waals surface area contributed by atoms with Crippen LogP contribution < -0.4 is 19.6 Å². The first-order chi connectivity index (χ1) is 25.9. The number of ether oxygens (including phenoxy) is 4. The zero-order valence-electron chi connectivity index (χ0n) is 29.5. The maximum atomic E-state index is 15.3. The van der Waals surface area contributed by atoms with Crippen molar-refractivity contribution in [3.8, 4) is 23.0 Å². The topological polar surface area (TPSA) is 161 Å². The van der Waals surface area contributed by atoms with Gasteiger partial charge in [0.25, 0.3) is 11.8 Å². The van der Waals surface area contributed by atoms with Crippen molar-refractivity contribution in [2.75, 3.05) is 33.9 Å². The molecule has 54 heavy (non-hydrogen) atoms. The summed E-state index contributed by atoms with van der Waals surface area (Å²) in [4.78, 5) is 70.8. The van der Waals surface area contributed by atoms with E-state index < -0.39 is 64.7 Å². The molecule has 6 atom stereocenters. The van der Waals surface area contributed by atoms with Crippen LogP contribution in [0.15, 0.2) is 72.3 Å². The van der Waals surface area contributed by atoms with Gasteiger partial charge in [0, 0.05) is 10.9 Å². The lowest BCUT2D eigenvalue weighted by atomic mass is 9.50. The van der Waals surface area contributed by atoms with Gasteiger partial charge in [-0.3, -0.25) is 24.6 Å². The summed E-state index contributed by atoms with van der Waals surface area (Å²) in [6.07, 6.45) is 4.36. The van der Waals surface area contributed by atoms with Gasteiger partial charge in [-0.05, 0) is 72.4 Å². The number of nitrogens with zero attached hydrogens (tertiary/aromatic N) is 2. The summed E-state index contributed by atoms with van der Waals surface area (Å²) in [6.45, 7) is 0. The lowest BCUT2D eigenvalue weighted by Gasteiger charge is -2.49. The Balaban J connectivity index is 1.44. The standard InChI is InChI=1S/C39H35Cl2N3O10/c1-51-22-9-6-20(7-10-22)39-26(13-5-19-15-30(52-2)33(45)31(16-19)53-3)23-11-12-24-32(36(48)43(34(24)46)38(50)54-4)25(23)18-27(39)35(47)44(37(39)49)42-29-14-8-21(40)17-28(29)41/h5-11,13-17,24-27,32,42,45H,12,18H2,1-4H3/t24-,25+,26-,27-,32-,39-/m0/s1. The zero-order valence-corrected chi connectivity index (χ0v) is 31.0. The molecule has 5 amide bonds. The summed E-state index contributed by atoms with van der Waals surface area (Å²) >= 11 is 12.7. The van der Waals surface area contributed by atoms with Gasteiger partial charge in [0.1, 0.15) is 5.75 Å². The maximum Gasteiger partial charge on any atom is 0.423 e. The van der Waals surface area contributed by atoms with Gasteiger partial charge in [-0.25, -0.2) is 4.79 Å². The summed E-state index contributed by atoms with van der Waals surface area (Å²) < 4.78 is 21.0. The van der Waals surface area contributed by atoms with Crippen LogP contribution in [0.4, 0.5) is 10.5 Å². The lowest BCUT2D eigenvalue weighted by molar-refractivity contribution is -0.140. The highest BCUT2D eigenvalue weighted by atomic mass is 35.5. The molecule has 0 bridgehead atoms. The number of anilines is 1. The Kier molecular flexibility index (Phi) is 9.57. The fraction of sp³-hybridized carbons (Fsp3) is 0.308. The number of imide groups is 4. The molecule has 0 spiro atoms. The van der Waals surface area contributed by atoms with Crippen LogP contribution in [0, 0.1) is 29.6 Å². The van der Waals surface area contributed by atoms with E-state index >= 15 is 4.79 Å². The Labute approximate surface area is 320 Å². The molecule has 3 aromatic rings. The van der Waals surface area contributed by atoms with Gasteiger partial charge in [0.15, 0.2) is 11.5 Å². The van der Waals surface area contributed by atoms with E-state index in [9.17, 15) is 24.3 Å². The first-order valence-electron chi connectivity index (χ1n) is 16.9. The number of phenols is 1. The highest BCUT2D eigenvalue weighted by molar-refractivity contribution is 6.36. The van der Waals surface area contributed by atoms with E-state index in [0.717, 1.165) is 12.1 Å². The van der Waals surface area contributed by atoms with Crippen LogP contribution in [-0.2, 0) is 29.3 Å². The van der Waals surface area contributed by atoms with Gasteiger partial charge < -0.3 is 24.1 Å². The number of hydrogen-bond acceptors (Lipinski definition) is 11. The van der Waals surface area contributed by atoms with Crippen LogP contribution in [0.2, 0.25) is 10.0 Å². The van der Waals surface area contributed by atoms with E-state index in [1.807, 2.05) is 6.08 Å². The van der Waals surface area contributed by atoms with E-state index in [1.54, 1.807) is 60.7 Å². The van der Waals surface area contributed by atoms with Crippen molar-refractivity contribution >= 4 is 64.7 Å². The van der Waals surface area contributed by atoms with Crippen molar-refractivity contribution in [1.29, 1.82) is 0 Å². The second-order valence-electron chi connectivity index (χ2n) is 13.4. The molecule has 4 aliphatic rings. The Morgan fingerprint density at radius 2 is 1.57 bits per heavy atom. The summed E-state index contributed by atoms with van der Waals surface area (Å²) in [5, 5.41) is 12.1. The summed E-state index contributed by atoms with van der Waals surface area (Å²) in [5.41, 5.74) is 3.27. The maximum absolute atomic E-state index is 15.3. The van der Waals surface area contributed by atoms with Crippen LogP contribution in [-0.4, -0.2) is 73.2 Å². The fourth-order valence-electron chi connectivity index (χ4n) is 8.58. The number of hydrogen-bond donors (Lipinski definition) is 2. The zero-order chi connectivity index (χ0) is 38.6. The number of hydrazine groups is 1. The molecule has 280 valence electrons. The highest BCUT2D eigenvalue weighted by Gasteiger charge is 2.70. The summed E-state index contributed by atoms with van der Waals surface area (Å²) in [6, 6.07) is 14.6. The number of fused-ring (bicyclic) bond motifs is 4. The van der Waals surface area contributed by atoms with Gasteiger partial charge in [0.05, 0.1) is 62.3 Å². The van der Waals surface area contributed by atoms with E-state index in [0.29, 0.717) is 32.4 Å². The van der Waals surface area contributed by atoms with Crippen molar-refractivity contribution < 1.29 is 48.0 Å². The number of halogens is 2. The van der Waals surface area contributed by atoms with Crippen molar-refractivity contribution in [1.82, 2.24) is 9.91 Å². The van der Waals surface area contributed by atoms with Gasteiger partial charge >= 0.3 is 6.09 Å². The van der Waals surface area contributed by atoms with Crippen molar-refractivity contribution in [3.63, 3.8) is 0 Å². The number of amides is 5. The number of likely N-dealkylation sites (tertiary alicyclic amines) is 1. The van der Waals surface area contributed by atoms with E-state index in [4.69, 9.17) is 42.1 Å². The third-order valence-electron chi connectivity index (χ3n) is 11.0. The Morgan fingerprint density at radius 3 is 2.19 bits per heavy atom. The average Bonchev–Trinajstić information content (AvgIpc) is 3.55. The van der Waals surface area contributed by atoms with Crippen LogP contribution in [0.3, 0.4) is 0 Å². The Morgan fingerprint density at radius 1 is 0.889 bits per heavy atom. The van der Waals surface area contributed by atoms with Gasteiger partial charge in [0.2, 0.25) is 17.6 Å². The molecule has 0 unspecified atom stereocenters. The smallest absolute Gasteiger partial charge is 0.423 e. The molecule has 15 heteroatoms. The predicted molar refractivity (Wildman–Crippen MR) is 196 cm³/mol. The number of benzene rings is 3. The van der Waals surface area contributed by atoms with Crippen molar-refractivity contribution in [2.24, 2.45) is 29.6 Å². The minimum Gasteiger partial charge on any atom is -0.502 e. The summed E-state index contributed by atoms with van der Waals surface area (Å²) in [5.74, 6) is -6.54. The van der Waals surface area contributed by atoms with Crippen LogP contribution in [0.25, 0.3) is 6.08 Å². The molecule has 2 heterocycles. The van der Waals surface area contributed by atoms with E-state index in [2.05, 4.69) is 5.43 Å². The molecule has 2 N–H and O–H groups in total. The van der Waals surface area contributed by atoms with Gasteiger partial charge in [-0.2, -0.15) is 9.91 Å². The number of nitrogens with one attached hydrogen (secondary N) is 1. The molecule has 3 aromatic carbocycles. The molecular formula is C39H35Cl2N3O10. The molecular weight excluding hydrogens is 741 g/mol. The molecule has 3 fully saturated rings. The van der Waals surface area contributed by atoms with E-state index in [1.165, 1.54) is 27.4 Å². The second kappa shape index (κ2) is 14.0. The molecule has 2 saturated heterocycles. The number of carbonyl (C=O) groups excluding carboxylic acids is 5. The fourth-order valence-corrected chi connectivity index (χ4v) is 9.03. The first-order valence-corrected chi connectivity index (χ1v) is 17.7. The minimum absolute atomic E-state index is 0.00460. The van der Waals surface area contributed by atoms with Crippen LogP contribution in [0.1, 0.15) is 24.0 Å². The normalized spacial score (nSPS) is 26.0. The summed E-state index contributed by atoms with van der Waals surface area (Å²) in [7, 11) is 5.40. The number of allylic oxidation sites excluding steroid dienone is 3. The Hall–Kier alpha value is -5.53. The number of phenolic OH excluding ortho intramolecular Hbond substituents is 1. The molecule has 1 saturated carbocycles. The van der Waals surface area contributed by atoms with Crippen LogP contribution in [0.5, 0.6) is 23.0 Å². The van der Waals surface area contributed by atoms with Crippen molar-refractivity contribution in [2.45, 2.75) is 18.3 Å². The average molecular weight is 777 g/mol. The quantitative estimate of drug-likeness (QED) is 0.203. The lowest BCUT2D eigenvalue weighted by Crippen LogP contribution is -2.54. The van der Waals surface area contributed by atoms with E-state index in [-0.39, 0.29) is 40.8 Å². The molecule has 13 nitrogen and oxygen atoms in total. The number of carbonyl (C=O) groups is 5. The Bertz CT molecular complexity index is 2130. The van der Waals surface area contributed by atoms with Gasteiger partial charge in [-0.15, -0.1) is 0 Å². The number of methoxy groups -OCH3 is 4. The molecule has 0 radical (unpaired) electrons. The SMILES string of the molecule is COC(=O)N1C(=O)[C@H]2[C@H](CC=C3[C@H]2C[C@H]2C(=O)N(Nc4ccc(Cl)cc4Cl)C(=O)[C@@]2(c2ccc(OC)cc2)[C@H]3C=Cc2cc(OC)c(O)c(OC)c2)C1=O. The van der Waals surface area contributed by atoms with Gasteiger partial charge in [-0.1, -0.05) is 59.1 Å². The van der Waals surface area contributed by atoms with Crippen molar-refractivity contribution in [3.05, 3.63) is 93.5 Å². The molecule has 7 rings (SSSR count). The minimum atomic E-state index is -1.60. The molecule has 2 aliphatic carbocycles. The molecule has 0 aromatic heterocycles. The highest BCUT2D eigenvalue weighted by Crippen LogP contribution is 2.61.